The summed E-state index contributed by atoms with van der Waals surface area (Å²) in [4.78, 5) is 15.1. The lowest BCUT2D eigenvalue weighted by atomic mass is 10.1. The number of benzene rings is 2. The van der Waals surface area contributed by atoms with E-state index in [0.717, 1.165) is 21.2 Å². The highest BCUT2D eigenvalue weighted by atomic mass is 32.2. The Labute approximate surface area is 155 Å². The summed E-state index contributed by atoms with van der Waals surface area (Å²) in [6.07, 6.45) is 5.71. The first kappa shape index (κ1) is 18.5. The van der Waals surface area contributed by atoms with E-state index in [2.05, 4.69) is 4.98 Å². The lowest BCUT2D eigenvalue weighted by molar-refractivity contribution is -0.124. The molecule has 0 saturated carbocycles. The maximum atomic E-state index is 12.0. The van der Waals surface area contributed by atoms with Crippen molar-refractivity contribution in [1.82, 2.24) is 10.5 Å². The fourth-order valence-corrected chi connectivity index (χ4v) is 3.34. The zero-order valence-electron chi connectivity index (χ0n) is 13.9. The lowest BCUT2D eigenvalue weighted by Crippen LogP contribution is -2.25. The minimum absolute atomic E-state index is 0.178. The minimum atomic E-state index is -4.62. The molecular weight excluding hydrogens is 370 g/mol. The number of anilines is 2. The average molecular weight is 385 g/mol. The monoisotopic (exact) mass is 385 g/mol. The van der Waals surface area contributed by atoms with Crippen molar-refractivity contribution in [2.45, 2.75) is 0 Å². The van der Waals surface area contributed by atoms with Crippen LogP contribution in [0.2, 0.25) is 0 Å². The third-order valence-corrected chi connectivity index (χ3v) is 4.61. The van der Waals surface area contributed by atoms with Gasteiger partial charge in [0.05, 0.1) is 11.4 Å². The first-order valence-electron chi connectivity index (χ1n) is 7.72. The number of amides is 1. The summed E-state index contributed by atoms with van der Waals surface area (Å²) in [5.41, 5.74) is 2.38. The van der Waals surface area contributed by atoms with Gasteiger partial charge < -0.3 is 0 Å². The molecule has 3 rings (SSSR count). The molecule has 0 spiro atoms. The van der Waals surface area contributed by atoms with E-state index in [4.69, 9.17) is 5.21 Å². The Bertz CT molecular complexity index is 1130. The molecule has 138 valence electrons. The van der Waals surface area contributed by atoms with E-state index in [1.807, 2.05) is 0 Å². The number of carbonyl (C=O) groups excluding carboxylic acids is 1. The largest absolute Gasteiger partial charge is 0.364 e. The van der Waals surface area contributed by atoms with Crippen LogP contribution in [0.4, 0.5) is 11.4 Å². The molecule has 0 radical (unpaired) electrons. The van der Waals surface area contributed by atoms with Crippen molar-refractivity contribution in [3.8, 4) is 0 Å². The van der Waals surface area contributed by atoms with Crippen molar-refractivity contribution in [3.63, 3.8) is 0 Å². The number of nitrogens with one attached hydrogen (secondary N) is 1. The predicted octanol–water partition coefficient (Wildman–Crippen LogP) is 2.69. The number of rotatable bonds is 5. The van der Waals surface area contributed by atoms with Crippen molar-refractivity contribution < 1.29 is 23.0 Å². The molecule has 0 unspecified atom stereocenters. The fourth-order valence-electron chi connectivity index (χ4n) is 2.58. The summed E-state index contributed by atoms with van der Waals surface area (Å²) in [5, 5.41) is 10.1. The Balaban J connectivity index is 2.08. The number of hydroxylamine groups is 1. The van der Waals surface area contributed by atoms with Gasteiger partial charge >= 0.3 is 10.3 Å². The smallest absolute Gasteiger partial charge is 0.288 e. The van der Waals surface area contributed by atoms with Gasteiger partial charge in [-0.15, -0.1) is 0 Å². The summed E-state index contributed by atoms with van der Waals surface area (Å²) in [7, 11) is -4.62. The highest BCUT2D eigenvalue weighted by Crippen LogP contribution is 2.31. The standard InChI is InChI=1S/C18H15N3O5S/c22-18(20-23)7-4-13-2-1-3-16(10-13)21(27(24,25)26)17-6-5-15-12-19-9-8-14(15)11-17/h1-12,23H,(H,20,22)(H,24,25,26)/b7-4+. The summed E-state index contributed by atoms with van der Waals surface area (Å²) in [6, 6.07) is 12.8. The van der Waals surface area contributed by atoms with Crippen LogP contribution in [-0.4, -0.2) is 29.1 Å². The van der Waals surface area contributed by atoms with Crippen LogP contribution < -0.4 is 9.79 Å². The Kier molecular flexibility index (Phi) is 5.17. The molecule has 3 aromatic rings. The third kappa shape index (κ3) is 4.29. The predicted molar refractivity (Wildman–Crippen MR) is 101 cm³/mol. The molecule has 2 aromatic carbocycles. The van der Waals surface area contributed by atoms with E-state index in [0.29, 0.717) is 5.56 Å². The number of pyridine rings is 1. The van der Waals surface area contributed by atoms with E-state index in [-0.39, 0.29) is 11.4 Å². The number of carbonyl (C=O) groups is 1. The van der Waals surface area contributed by atoms with Gasteiger partial charge in [0.1, 0.15) is 0 Å². The zero-order valence-corrected chi connectivity index (χ0v) is 14.7. The van der Waals surface area contributed by atoms with Gasteiger partial charge in [0.2, 0.25) is 0 Å². The maximum Gasteiger partial charge on any atom is 0.364 e. The Hall–Kier alpha value is -3.27. The van der Waals surface area contributed by atoms with Crippen LogP contribution in [0.15, 0.2) is 67.0 Å². The topological polar surface area (TPSA) is 120 Å². The molecule has 27 heavy (non-hydrogen) atoms. The number of nitrogens with zero attached hydrogens (tertiary/aromatic N) is 2. The lowest BCUT2D eigenvalue weighted by Gasteiger charge is -2.21. The first-order chi connectivity index (χ1) is 12.9. The van der Waals surface area contributed by atoms with E-state index >= 15 is 0 Å². The highest BCUT2D eigenvalue weighted by Gasteiger charge is 2.22. The van der Waals surface area contributed by atoms with Crippen LogP contribution >= 0.6 is 0 Å². The molecular formula is C18H15N3O5S. The second-order valence-electron chi connectivity index (χ2n) is 5.55. The van der Waals surface area contributed by atoms with Crippen molar-refractivity contribution in [2.24, 2.45) is 0 Å². The second kappa shape index (κ2) is 7.54. The second-order valence-corrected chi connectivity index (χ2v) is 6.81. The van der Waals surface area contributed by atoms with Crippen LogP contribution in [0, 0.1) is 0 Å². The van der Waals surface area contributed by atoms with Gasteiger partial charge in [-0.25, -0.2) is 9.79 Å². The molecule has 1 heterocycles. The molecule has 0 saturated heterocycles. The molecule has 8 nitrogen and oxygen atoms in total. The zero-order chi connectivity index (χ0) is 19.4. The summed E-state index contributed by atoms with van der Waals surface area (Å²) >= 11 is 0. The van der Waals surface area contributed by atoms with Gasteiger partial charge in [-0.05, 0) is 47.4 Å². The Morgan fingerprint density at radius 3 is 2.59 bits per heavy atom. The Morgan fingerprint density at radius 2 is 1.85 bits per heavy atom. The molecule has 0 atom stereocenters. The molecule has 0 aliphatic carbocycles. The van der Waals surface area contributed by atoms with Crippen molar-refractivity contribution >= 4 is 44.4 Å². The van der Waals surface area contributed by atoms with Gasteiger partial charge in [0.25, 0.3) is 5.91 Å². The molecule has 9 heteroatoms. The van der Waals surface area contributed by atoms with Gasteiger partial charge in [0, 0.05) is 23.9 Å². The number of fused-ring (bicyclic) bond motifs is 1. The maximum absolute atomic E-state index is 12.0. The van der Waals surface area contributed by atoms with Gasteiger partial charge in [-0.2, -0.15) is 8.42 Å². The van der Waals surface area contributed by atoms with Gasteiger partial charge in [-0.3, -0.25) is 19.5 Å². The van der Waals surface area contributed by atoms with Crippen LogP contribution in [0.1, 0.15) is 5.56 Å². The van der Waals surface area contributed by atoms with Crippen LogP contribution in [0.5, 0.6) is 0 Å². The summed E-state index contributed by atoms with van der Waals surface area (Å²) < 4.78 is 34.7. The van der Waals surface area contributed by atoms with Crippen LogP contribution in [0.3, 0.4) is 0 Å². The number of aromatic nitrogens is 1. The van der Waals surface area contributed by atoms with Crippen molar-refractivity contribution in [1.29, 1.82) is 0 Å². The van der Waals surface area contributed by atoms with Crippen molar-refractivity contribution in [3.05, 3.63) is 72.6 Å². The van der Waals surface area contributed by atoms with E-state index in [1.165, 1.54) is 23.7 Å². The molecule has 1 amide bonds. The van der Waals surface area contributed by atoms with Gasteiger partial charge in [-0.1, -0.05) is 18.2 Å². The molecule has 1 aromatic heterocycles. The molecule has 0 aliphatic heterocycles. The average Bonchev–Trinajstić information content (AvgIpc) is 2.65. The summed E-state index contributed by atoms with van der Waals surface area (Å²) in [5.74, 6) is -0.727. The Morgan fingerprint density at radius 1 is 1.07 bits per heavy atom. The molecule has 0 aliphatic rings. The van der Waals surface area contributed by atoms with E-state index in [1.54, 1.807) is 48.8 Å². The van der Waals surface area contributed by atoms with Gasteiger partial charge in [0.15, 0.2) is 0 Å². The van der Waals surface area contributed by atoms with Crippen LogP contribution in [-0.2, 0) is 15.1 Å². The fraction of sp³-hybridized carbons (Fsp3) is 0. The highest BCUT2D eigenvalue weighted by molar-refractivity contribution is 7.87. The quantitative estimate of drug-likeness (QED) is 0.269. The first-order valence-corrected chi connectivity index (χ1v) is 9.12. The number of hydrogen-bond acceptors (Lipinski definition) is 5. The third-order valence-electron chi connectivity index (χ3n) is 3.73. The van der Waals surface area contributed by atoms with E-state index < -0.39 is 16.2 Å². The molecule has 3 N–H and O–H groups in total. The minimum Gasteiger partial charge on any atom is -0.288 e. The van der Waals surface area contributed by atoms with Crippen LogP contribution in [0.25, 0.3) is 16.8 Å². The molecule has 0 bridgehead atoms. The van der Waals surface area contributed by atoms with Crippen molar-refractivity contribution in [2.75, 3.05) is 4.31 Å². The molecule has 0 fully saturated rings. The number of hydrogen-bond donors (Lipinski definition) is 3. The SMILES string of the molecule is O=C(/C=C/c1cccc(N(c2ccc3cnccc3c2)S(=O)(=O)O)c1)NO. The van der Waals surface area contributed by atoms with E-state index in [9.17, 15) is 17.8 Å². The summed E-state index contributed by atoms with van der Waals surface area (Å²) in [6.45, 7) is 0. The normalized spacial score (nSPS) is 11.6.